The van der Waals surface area contributed by atoms with E-state index in [0.29, 0.717) is 29.6 Å². The smallest absolute Gasteiger partial charge is 0.287 e. The minimum Gasteiger partial charge on any atom is -0.451 e. The maximum atomic E-state index is 13.1. The first-order valence-corrected chi connectivity index (χ1v) is 10.0. The fraction of sp³-hybridized carbons (Fsp3) is 0.286. The number of benzene rings is 2. The lowest BCUT2D eigenvalue weighted by molar-refractivity contribution is 0.0906. The topological polar surface area (TPSA) is 68.3 Å². The number of thioether (sulfide) groups is 1. The standard InChI is InChI=1S/C21H21FN2O2S.ClH/c22-14-7-9-15(10-8-14)27-12-17-16-3-1-2-4-19(16)26-20(17)21(25)24-18(11-23)13-5-6-13;/h1-4,7-10,13,18H,5-6,11-12,23H2,(H,24,25);1H. The molecule has 1 atom stereocenters. The zero-order valence-corrected chi connectivity index (χ0v) is 16.8. The Bertz CT molecular complexity index is 957. The van der Waals surface area contributed by atoms with E-state index in [2.05, 4.69) is 5.32 Å². The van der Waals surface area contributed by atoms with Crippen molar-refractivity contribution in [1.82, 2.24) is 5.32 Å². The van der Waals surface area contributed by atoms with Gasteiger partial charge in [0.05, 0.1) is 0 Å². The van der Waals surface area contributed by atoms with Crippen LogP contribution in [0.5, 0.6) is 0 Å². The molecule has 0 aliphatic heterocycles. The van der Waals surface area contributed by atoms with Crippen molar-refractivity contribution < 1.29 is 13.6 Å². The summed E-state index contributed by atoms with van der Waals surface area (Å²) in [4.78, 5) is 13.8. The Morgan fingerprint density at radius 2 is 1.93 bits per heavy atom. The molecule has 4 nitrogen and oxygen atoms in total. The Morgan fingerprint density at radius 1 is 1.21 bits per heavy atom. The van der Waals surface area contributed by atoms with E-state index in [1.807, 2.05) is 24.3 Å². The summed E-state index contributed by atoms with van der Waals surface area (Å²) in [5.74, 6) is 0.886. The van der Waals surface area contributed by atoms with Gasteiger partial charge in [-0.25, -0.2) is 4.39 Å². The van der Waals surface area contributed by atoms with Gasteiger partial charge in [0.15, 0.2) is 5.76 Å². The molecule has 28 heavy (non-hydrogen) atoms. The molecule has 1 aliphatic rings. The van der Waals surface area contributed by atoms with Crippen LogP contribution in [0.1, 0.15) is 29.0 Å². The summed E-state index contributed by atoms with van der Waals surface area (Å²) < 4.78 is 19.0. The van der Waals surface area contributed by atoms with Crippen molar-refractivity contribution in [2.75, 3.05) is 6.54 Å². The second kappa shape index (κ2) is 8.99. The van der Waals surface area contributed by atoms with E-state index < -0.39 is 0 Å². The van der Waals surface area contributed by atoms with E-state index in [1.54, 1.807) is 23.9 Å². The van der Waals surface area contributed by atoms with Crippen LogP contribution in [0.2, 0.25) is 0 Å². The molecule has 148 valence electrons. The Balaban J connectivity index is 0.00000225. The van der Waals surface area contributed by atoms with Crippen molar-refractivity contribution in [2.45, 2.75) is 29.5 Å². The van der Waals surface area contributed by atoms with Crippen molar-refractivity contribution in [3.8, 4) is 0 Å². The van der Waals surface area contributed by atoms with E-state index in [4.69, 9.17) is 10.2 Å². The summed E-state index contributed by atoms with van der Waals surface area (Å²) in [5.41, 5.74) is 7.36. The van der Waals surface area contributed by atoms with Crippen molar-refractivity contribution in [2.24, 2.45) is 11.7 Å². The van der Waals surface area contributed by atoms with Crippen LogP contribution >= 0.6 is 24.2 Å². The third-order valence-corrected chi connectivity index (χ3v) is 5.90. The number of nitrogens with two attached hydrogens (primary N) is 1. The summed E-state index contributed by atoms with van der Waals surface area (Å²) in [7, 11) is 0. The zero-order valence-electron chi connectivity index (χ0n) is 15.2. The zero-order chi connectivity index (χ0) is 18.8. The van der Waals surface area contributed by atoms with Crippen molar-refractivity contribution in [3.05, 3.63) is 65.7 Å². The second-order valence-corrected chi connectivity index (χ2v) is 7.85. The van der Waals surface area contributed by atoms with Gasteiger partial charge in [-0.3, -0.25) is 4.79 Å². The van der Waals surface area contributed by atoms with Crippen LogP contribution in [-0.4, -0.2) is 18.5 Å². The lowest BCUT2D eigenvalue weighted by Crippen LogP contribution is -2.41. The molecular formula is C21H22ClFN2O2S. The van der Waals surface area contributed by atoms with E-state index in [-0.39, 0.29) is 30.2 Å². The van der Waals surface area contributed by atoms with Crippen molar-refractivity contribution >= 4 is 41.0 Å². The molecule has 1 amide bonds. The Hall–Kier alpha value is -2.02. The number of hydrogen-bond acceptors (Lipinski definition) is 4. The van der Waals surface area contributed by atoms with E-state index in [1.165, 1.54) is 12.1 Å². The first-order valence-electron chi connectivity index (χ1n) is 9.05. The molecule has 0 bridgehead atoms. The normalized spacial score (nSPS) is 14.5. The largest absolute Gasteiger partial charge is 0.451 e. The maximum Gasteiger partial charge on any atom is 0.287 e. The monoisotopic (exact) mass is 420 g/mol. The molecule has 1 saturated carbocycles. The highest BCUT2D eigenvalue weighted by Crippen LogP contribution is 2.34. The number of carbonyl (C=O) groups is 1. The molecule has 0 spiro atoms. The number of halogens is 2. The maximum absolute atomic E-state index is 13.1. The molecule has 7 heteroatoms. The minimum absolute atomic E-state index is 0. The summed E-state index contributed by atoms with van der Waals surface area (Å²) in [6.07, 6.45) is 2.21. The Kier molecular flexibility index (Phi) is 6.65. The molecule has 1 heterocycles. The summed E-state index contributed by atoms with van der Waals surface area (Å²) >= 11 is 1.55. The highest BCUT2D eigenvalue weighted by Gasteiger charge is 2.32. The van der Waals surface area contributed by atoms with Crippen molar-refractivity contribution in [1.29, 1.82) is 0 Å². The molecular weight excluding hydrogens is 399 g/mol. The minimum atomic E-state index is -0.263. The number of furan rings is 1. The van der Waals surface area contributed by atoms with Crippen LogP contribution < -0.4 is 11.1 Å². The van der Waals surface area contributed by atoms with Gasteiger partial charge in [0.1, 0.15) is 11.4 Å². The van der Waals surface area contributed by atoms with Crippen LogP contribution in [-0.2, 0) is 5.75 Å². The van der Waals surface area contributed by atoms with Gasteiger partial charge in [-0.05, 0) is 49.1 Å². The molecule has 2 aromatic carbocycles. The third kappa shape index (κ3) is 4.51. The predicted octanol–water partition coefficient (Wildman–Crippen LogP) is 4.75. The average molecular weight is 421 g/mol. The van der Waals surface area contributed by atoms with E-state index in [9.17, 15) is 9.18 Å². The number of fused-ring (bicyclic) bond motifs is 1. The second-order valence-electron chi connectivity index (χ2n) is 6.80. The quantitative estimate of drug-likeness (QED) is 0.541. The number of amides is 1. The summed E-state index contributed by atoms with van der Waals surface area (Å²) in [5, 5.41) is 3.96. The van der Waals surface area contributed by atoms with Crippen LogP contribution in [0.3, 0.4) is 0 Å². The molecule has 0 saturated heterocycles. The number of hydrogen-bond donors (Lipinski definition) is 2. The Labute approximate surface area is 173 Å². The Morgan fingerprint density at radius 3 is 2.61 bits per heavy atom. The van der Waals surface area contributed by atoms with Gasteiger partial charge in [-0.2, -0.15) is 0 Å². The molecule has 3 N–H and O–H groups in total. The van der Waals surface area contributed by atoms with E-state index in [0.717, 1.165) is 28.7 Å². The van der Waals surface area contributed by atoms with Gasteiger partial charge in [0, 0.05) is 34.2 Å². The lowest BCUT2D eigenvalue weighted by Gasteiger charge is -2.15. The lowest BCUT2D eigenvalue weighted by atomic mass is 10.1. The molecule has 1 aromatic heterocycles. The summed E-state index contributed by atoms with van der Waals surface area (Å²) in [6.45, 7) is 0.427. The van der Waals surface area contributed by atoms with Crippen LogP contribution in [0.15, 0.2) is 57.8 Å². The number of para-hydroxylation sites is 1. The van der Waals surface area contributed by atoms with Crippen molar-refractivity contribution in [3.63, 3.8) is 0 Å². The average Bonchev–Trinajstić information content (AvgIpc) is 3.46. The third-order valence-electron chi connectivity index (χ3n) is 4.86. The molecule has 1 fully saturated rings. The molecule has 0 radical (unpaired) electrons. The highest BCUT2D eigenvalue weighted by molar-refractivity contribution is 7.98. The first-order chi connectivity index (χ1) is 13.2. The van der Waals surface area contributed by atoms with E-state index >= 15 is 0 Å². The van der Waals surface area contributed by atoms with Gasteiger partial charge < -0.3 is 15.5 Å². The van der Waals surface area contributed by atoms with Gasteiger partial charge in [0.25, 0.3) is 5.91 Å². The SMILES string of the molecule is Cl.NCC(NC(=O)c1oc2ccccc2c1CSc1ccc(F)cc1)C1CC1. The molecule has 3 aromatic rings. The van der Waals surface area contributed by atoms with Gasteiger partial charge in [0.2, 0.25) is 0 Å². The highest BCUT2D eigenvalue weighted by atomic mass is 35.5. The van der Waals surface area contributed by atoms with Crippen LogP contribution in [0, 0.1) is 11.7 Å². The number of rotatable bonds is 7. The van der Waals surface area contributed by atoms with Crippen LogP contribution in [0.25, 0.3) is 11.0 Å². The number of carbonyl (C=O) groups excluding carboxylic acids is 1. The number of nitrogens with one attached hydrogen (secondary N) is 1. The fourth-order valence-corrected chi connectivity index (χ4v) is 4.14. The van der Waals surface area contributed by atoms with Crippen LogP contribution in [0.4, 0.5) is 4.39 Å². The fourth-order valence-electron chi connectivity index (χ4n) is 3.21. The van der Waals surface area contributed by atoms with Gasteiger partial charge in [-0.15, -0.1) is 24.2 Å². The predicted molar refractivity (Wildman–Crippen MR) is 112 cm³/mol. The van der Waals surface area contributed by atoms with Gasteiger partial charge in [-0.1, -0.05) is 18.2 Å². The van der Waals surface area contributed by atoms with Gasteiger partial charge >= 0.3 is 0 Å². The molecule has 1 aliphatic carbocycles. The summed E-state index contributed by atoms with van der Waals surface area (Å²) in [6, 6.07) is 14.0. The molecule has 4 rings (SSSR count). The first kappa shape index (κ1) is 20.7. The molecule has 1 unspecified atom stereocenters.